The molecule has 0 aromatic carbocycles. The summed E-state index contributed by atoms with van der Waals surface area (Å²) in [6.07, 6.45) is 3.80. The first-order valence-electron chi connectivity index (χ1n) is 5.22. The Morgan fingerprint density at radius 1 is 1.54 bits per heavy atom. The summed E-state index contributed by atoms with van der Waals surface area (Å²) >= 11 is 0. The number of aliphatic hydroxyl groups excluding tert-OH is 1. The Bertz CT molecular complexity index is 139. The van der Waals surface area contributed by atoms with E-state index in [0.29, 0.717) is 12.2 Å². The van der Waals surface area contributed by atoms with Crippen LogP contribution in [0, 0.1) is 0 Å². The molecule has 0 radical (unpaired) electrons. The van der Waals surface area contributed by atoms with E-state index in [-0.39, 0.29) is 6.10 Å². The van der Waals surface area contributed by atoms with Gasteiger partial charge in [-0.25, -0.2) is 0 Å². The van der Waals surface area contributed by atoms with Crippen molar-refractivity contribution < 1.29 is 9.84 Å². The molecule has 1 aliphatic rings. The molecule has 78 valence electrons. The molecule has 1 fully saturated rings. The van der Waals surface area contributed by atoms with Crippen molar-refractivity contribution in [1.29, 1.82) is 0 Å². The third kappa shape index (κ3) is 4.60. The van der Waals surface area contributed by atoms with Crippen LogP contribution in [-0.2, 0) is 4.74 Å². The largest absolute Gasteiger partial charge is 0.393 e. The molecule has 0 aliphatic carbocycles. The molecule has 0 spiro atoms. The highest BCUT2D eigenvalue weighted by Crippen LogP contribution is 2.17. The highest BCUT2D eigenvalue weighted by molar-refractivity contribution is 4.72. The Balaban J connectivity index is 1.94. The van der Waals surface area contributed by atoms with E-state index in [9.17, 15) is 0 Å². The summed E-state index contributed by atoms with van der Waals surface area (Å²) in [5, 5.41) is 12.3. The molecular weight excluding hydrogens is 166 g/mol. The average molecular weight is 187 g/mol. The molecule has 3 atom stereocenters. The molecule has 0 aromatic rings. The van der Waals surface area contributed by atoms with Crippen LogP contribution in [0.1, 0.15) is 33.1 Å². The minimum absolute atomic E-state index is 0.198. The van der Waals surface area contributed by atoms with Gasteiger partial charge in [0, 0.05) is 6.54 Å². The van der Waals surface area contributed by atoms with Crippen molar-refractivity contribution in [3.63, 3.8) is 0 Å². The normalized spacial score (nSPS) is 30.7. The van der Waals surface area contributed by atoms with Gasteiger partial charge in [-0.1, -0.05) is 0 Å². The van der Waals surface area contributed by atoms with Gasteiger partial charge in [-0.3, -0.25) is 0 Å². The molecular formula is C10H21NO2. The molecule has 3 unspecified atom stereocenters. The fourth-order valence-electron chi connectivity index (χ4n) is 1.61. The minimum Gasteiger partial charge on any atom is -0.393 e. The van der Waals surface area contributed by atoms with E-state index in [1.165, 1.54) is 12.8 Å². The number of nitrogens with one attached hydrogen (secondary N) is 1. The second-order valence-electron chi connectivity index (χ2n) is 3.99. The Morgan fingerprint density at radius 3 is 2.85 bits per heavy atom. The lowest BCUT2D eigenvalue weighted by Gasteiger charge is -2.12. The first kappa shape index (κ1) is 11.0. The van der Waals surface area contributed by atoms with Crippen LogP contribution < -0.4 is 5.32 Å². The molecule has 1 saturated heterocycles. The van der Waals surface area contributed by atoms with E-state index in [2.05, 4.69) is 12.2 Å². The van der Waals surface area contributed by atoms with E-state index in [1.54, 1.807) is 0 Å². The Morgan fingerprint density at radius 2 is 2.31 bits per heavy atom. The topological polar surface area (TPSA) is 41.5 Å². The van der Waals surface area contributed by atoms with Crippen LogP contribution >= 0.6 is 0 Å². The van der Waals surface area contributed by atoms with Crippen molar-refractivity contribution in [2.24, 2.45) is 0 Å². The van der Waals surface area contributed by atoms with Gasteiger partial charge in [0.1, 0.15) is 0 Å². The maximum atomic E-state index is 9.02. The van der Waals surface area contributed by atoms with Crippen molar-refractivity contribution in [3.05, 3.63) is 0 Å². The van der Waals surface area contributed by atoms with Gasteiger partial charge in [0.2, 0.25) is 0 Å². The molecule has 3 heteroatoms. The summed E-state index contributed by atoms with van der Waals surface area (Å²) in [7, 11) is 0. The maximum Gasteiger partial charge on any atom is 0.0704 e. The van der Waals surface area contributed by atoms with Crippen LogP contribution in [0.4, 0.5) is 0 Å². The highest BCUT2D eigenvalue weighted by atomic mass is 16.5. The van der Waals surface area contributed by atoms with E-state index in [1.807, 2.05) is 6.92 Å². The van der Waals surface area contributed by atoms with Crippen LogP contribution in [-0.4, -0.2) is 36.5 Å². The molecule has 0 bridgehead atoms. The van der Waals surface area contributed by atoms with Crippen molar-refractivity contribution in [1.82, 2.24) is 5.32 Å². The van der Waals surface area contributed by atoms with E-state index < -0.39 is 0 Å². The molecule has 1 heterocycles. The molecule has 13 heavy (non-hydrogen) atoms. The standard InChI is InChI=1S/C10H21NO2/c1-8(12)5-6-11-7-10-4-3-9(2)13-10/h8-12H,3-7H2,1-2H3. The van der Waals surface area contributed by atoms with Crippen molar-refractivity contribution in [2.75, 3.05) is 13.1 Å². The van der Waals surface area contributed by atoms with Gasteiger partial charge >= 0.3 is 0 Å². The second-order valence-corrected chi connectivity index (χ2v) is 3.99. The number of aliphatic hydroxyl groups is 1. The SMILES string of the molecule is CC(O)CCNCC1CCC(C)O1. The summed E-state index contributed by atoms with van der Waals surface area (Å²) < 4.78 is 5.64. The Hall–Kier alpha value is -0.120. The van der Waals surface area contributed by atoms with Gasteiger partial charge in [0.15, 0.2) is 0 Å². The van der Waals surface area contributed by atoms with Crippen LogP contribution in [0.2, 0.25) is 0 Å². The predicted molar refractivity (Wildman–Crippen MR) is 52.7 cm³/mol. The van der Waals surface area contributed by atoms with Gasteiger partial charge in [-0.05, 0) is 39.7 Å². The summed E-state index contributed by atoms with van der Waals surface area (Å²) in [6.45, 7) is 5.74. The molecule has 1 rings (SSSR count). The first-order chi connectivity index (χ1) is 6.18. The quantitative estimate of drug-likeness (QED) is 0.629. The fraction of sp³-hybridized carbons (Fsp3) is 1.00. The lowest BCUT2D eigenvalue weighted by Crippen LogP contribution is -2.28. The second kappa shape index (κ2) is 5.58. The molecule has 1 aliphatic heterocycles. The Labute approximate surface area is 80.5 Å². The average Bonchev–Trinajstić information content (AvgIpc) is 2.45. The number of ether oxygens (including phenoxy) is 1. The van der Waals surface area contributed by atoms with Crippen LogP contribution in [0.5, 0.6) is 0 Å². The summed E-state index contributed by atoms with van der Waals surface area (Å²) in [5.41, 5.74) is 0. The molecule has 0 amide bonds. The smallest absolute Gasteiger partial charge is 0.0704 e. The van der Waals surface area contributed by atoms with Gasteiger partial charge in [0.05, 0.1) is 18.3 Å². The number of rotatable bonds is 5. The van der Waals surface area contributed by atoms with E-state index in [0.717, 1.165) is 19.5 Å². The van der Waals surface area contributed by atoms with Crippen molar-refractivity contribution >= 4 is 0 Å². The zero-order valence-electron chi connectivity index (χ0n) is 8.62. The van der Waals surface area contributed by atoms with Crippen LogP contribution in [0.25, 0.3) is 0 Å². The van der Waals surface area contributed by atoms with Crippen LogP contribution in [0.3, 0.4) is 0 Å². The minimum atomic E-state index is -0.198. The number of hydrogen-bond donors (Lipinski definition) is 2. The lowest BCUT2D eigenvalue weighted by atomic mass is 10.2. The molecule has 2 N–H and O–H groups in total. The summed E-state index contributed by atoms with van der Waals surface area (Å²) in [6, 6.07) is 0. The monoisotopic (exact) mass is 187 g/mol. The van der Waals surface area contributed by atoms with Gasteiger partial charge in [-0.2, -0.15) is 0 Å². The van der Waals surface area contributed by atoms with Gasteiger partial charge in [0.25, 0.3) is 0 Å². The molecule has 0 saturated carbocycles. The van der Waals surface area contributed by atoms with Crippen LogP contribution in [0.15, 0.2) is 0 Å². The summed E-state index contributed by atoms with van der Waals surface area (Å²) in [4.78, 5) is 0. The lowest BCUT2D eigenvalue weighted by molar-refractivity contribution is 0.0555. The Kier molecular flexibility index (Phi) is 4.70. The van der Waals surface area contributed by atoms with Crippen molar-refractivity contribution in [3.8, 4) is 0 Å². The van der Waals surface area contributed by atoms with E-state index >= 15 is 0 Å². The number of hydrogen-bond acceptors (Lipinski definition) is 3. The zero-order valence-corrected chi connectivity index (χ0v) is 8.62. The third-order valence-corrected chi connectivity index (χ3v) is 2.43. The predicted octanol–water partition coefficient (Wildman–Crippen LogP) is 0.914. The summed E-state index contributed by atoms with van der Waals surface area (Å²) in [5.74, 6) is 0. The zero-order chi connectivity index (χ0) is 9.68. The first-order valence-corrected chi connectivity index (χ1v) is 5.22. The third-order valence-electron chi connectivity index (χ3n) is 2.43. The van der Waals surface area contributed by atoms with E-state index in [4.69, 9.17) is 9.84 Å². The molecule has 0 aromatic heterocycles. The maximum absolute atomic E-state index is 9.02. The van der Waals surface area contributed by atoms with Gasteiger partial charge < -0.3 is 15.2 Å². The van der Waals surface area contributed by atoms with Gasteiger partial charge in [-0.15, -0.1) is 0 Å². The van der Waals surface area contributed by atoms with Crippen molar-refractivity contribution in [2.45, 2.75) is 51.4 Å². The fourth-order valence-corrected chi connectivity index (χ4v) is 1.61. The molecule has 3 nitrogen and oxygen atoms in total. The highest BCUT2D eigenvalue weighted by Gasteiger charge is 2.20.